The van der Waals surface area contributed by atoms with Gasteiger partial charge in [0, 0.05) is 0 Å². The van der Waals surface area contributed by atoms with Gasteiger partial charge in [-0.3, -0.25) is 10.2 Å². The molecule has 1 atom stereocenters. The normalized spacial score (nSPS) is 23.2. The number of nitrogens with one attached hydrogen (secondary N) is 1. The summed E-state index contributed by atoms with van der Waals surface area (Å²) in [6.07, 6.45) is 1.82. The summed E-state index contributed by atoms with van der Waals surface area (Å²) in [6, 6.07) is -0.358. The molecule has 1 amide bonds. The number of rotatable bonds is 0. The Kier molecular flexibility index (Phi) is 3.06. The highest BCUT2D eigenvalue weighted by Gasteiger charge is 2.37. The molecule has 6 heteroatoms. The molecule has 1 unspecified atom stereocenters. The number of hydrazine groups is 1. The van der Waals surface area contributed by atoms with Crippen molar-refractivity contribution in [3.05, 3.63) is 0 Å². The Bertz CT molecular complexity index is 271. The summed E-state index contributed by atoms with van der Waals surface area (Å²) in [4.78, 5) is 11.8. The molecule has 0 radical (unpaired) electrons. The van der Waals surface area contributed by atoms with E-state index in [4.69, 9.17) is 5.84 Å². The minimum Gasteiger partial charge on any atom is -0.294 e. The molecule has 0 saturated carbocycles. The second-order valence-corrected chi connectivity index (χ2v) is 5.01. The van der Waals surface area contributed by atoms with E-state index in [9.17, 15) is 4.79 Å². The predicted molar refractivity (Wildman–Crippen MR) is 58.4 cm³/mol. The van der Waals surface area contributed by atoms with Gasteiger partial charge in [0.05, 0.1) is 0 Å². The topological polar surface area (TPSA) is 70.7 Å². The van der Waals surface area contributed by atoms with Crippen LogP contribution in [0, 0.1) is 5.41 Å². The van der Waals surface area contributed by atoms with Crippen molar-refractivity contribution in [3.63, 3.8) is 0 Å². The van der Waals surface area contributed by atoms with Crippen LogP contribution >= 0.6 is 11.8 Å². The zero-order valence-electron chi connectivity index (χ0n) is 8.87. The van der Waals surface area contributed by atoms with Crippen LogP contribution in [0.1, 0.15) is 20.8 Å². The van der Waals surface area contributed by atoms with Gasteiger partial charge in [-0.1, -0.05) is 32.5 Å². The number of amides is 1. The minimum absolute atomic E-state index is 0.142. The Hall–Kier alpha value is -0.750. The van der Waals surface area contributed by atoms with Gasteiger partial charge in [-0.15, -0.1) is 0 Å². The van der Waals surface area contributed by atoms with Crippen molar-refractivity contribution in [2.24, 2.45) is 16.4 Å². The largest absolute Gasteiger partial charge is 0.294 e. The summed E-state index contributed by atoms with van der Waals surface area (Å²) in [7, 11) is 0. The van der Waals surface area contributed by atoms with Crippen LogP contribution in [0.4, 0.5) is 0 Å². The van der Waals surface area contributed by atoms with Gasteiger partial charge in [-0.05, 0) is 11.7 Å². The summed E-state index contributed by atoms with van der Waals surface area (Å²) in [5.41, 5.74) is 2.64. The lowest BCUT2D eigenvalue weighted by Gasteiger charge is -2.35. The smallest absolute Gasteiger partial charge is 0.267 e. The summed E-state index contributed by atoms with van der Waals surface area (Å²) in [5, 5.41) is 5.64. The third kappa shape index (κ3) is 2.01. The molecular weight excluding hydrogens is 200 g/mol. The van der Waals surface area contributed by atoms with Crippen LogP contribution in [0.15, 0.2) is 5.10 Å². The third-order valence-corrected chi connectivity index (χ3v) is 2.68. The summed E-state index contributed by atoms with van der Waals surface area (Å²) in [5.74, 6) is 5.47. The standard InChI is InChI=1S/C8H16N4OS/c1-8(2,3)5-6(13)12(9)7(14-4)11-10-5/h5,10H,9H2,1-4H3. The number of amidine groups is 1. The number of nitrogens with two attached hydrogens (primary N) is 1. The number of carbonyl (C=O) groups is 1. The van der Waals surface area contributed by atoms with Crippen molar-refractivity contribution in [3.8, 4) is 0 Å². The zero-order valence-corrected chi connectivity index (χ0v) is 9.68. The average molecular weight is 216 g/mol. The van der Waals surface area contributed by atoms with Crippen LogP contribution in [-0.2, 0) is 4.79 Å². The van der Waals surface area contributed by atoms with Crippen molar-refractivity contribution >= 4 is 22.8 Å². The molecule has 3 N–H and O–H groups in total. The predicted octanol–water partition coefficient (Wildman–Crippen LogP) is 0.341. The lowest BCUT2D eigenvalue weighted by Crippen LogP contribution is -2.59. The Labute approximate surface area is 88.1 Å². The summed E-state index contributed by atoms with van der Waals surface area (Å²) in [6.45, 7) is 5.90. The van der Waals surface area contributed by atoms with E-state index < -0.39 is 0 Å². The Morgan fingerprint density at radius 1 is 1.57 bits per heavy atom. The molecule has 1 aliphatic rings. The highest BCUT2D eigenvalue weighted by Crippen LogP contribution is 2.23. The van der Waals surface area contributed by atoms with Crippen molar-refractivity contribution in [1.82, 2.24) is 10.4 Å². The molecule has 14 heavy (non-hydrogen) atoms. The second kappa shape index (κ2) is 3.78. The lowest BCUT2D eigenvalue weighted by molar-refractivity contribution is -0.133. The molecule has 1 aliphatic heterocycles. The van der Waals surface area contributed by atoms with Crippen LogP contribution in [0.5, 0.6) is 0 Å². The molecule has 1 rings (SSSR count). The van der Waals surface area contributed by atoms with E-state index in [-0.39, 0.29) is 17.4 Å². The highest BCUT2D eigenvalue weighted by molar-refractivity contribution is 8.13. The van der Waals surface area contributed by atoms with Gasteiger partial charge >= 0.3 is 0 Å². The van der Waals surface area contributed by atoms with Gasteiger partial charge in [0.2, 0.25) is 5.17 Å². The fourth-order valence-electron chi connectivity index (χ4n) is 1.17. The van der Waals surface area contributed by atoms with Crippen LogP contribution < -0.4 is 11.3 Å². The molecule has 5 nitrogen and oxygen atoms in total. The maximum Gasteiger partial charge on any atom is 0.267 e. The molecule has 1 heterocycles. The van der Waals surface area contributed by atoms with Crippen LogP contribution in [0.2, 0.25) is 0 Å². The molecule has 0 aromatic rings. The number of hydrogen-bond donors (Lipinski definition) is 2. The van der Waals surface area contributed by atoms with Crippen molar-refractivity contribution in [2.75, 3.05) is 6.26 Å². The van der Waals surface area contributed by atoms with E-state index in [1.807, 2.05) is 27.0 Å². The maximum absolute atomic E-state index is 11.8. The van der Waals surface area contributed by atoms with Gasteiger partial charge in [0.25, 0.3) is 5.91 Å². The van der Waals surface area contributed by atoms with Gasteiger partial charge in [-0.2, -0.15) is 5.10 Å². The van der Waals surface area contributed by atoms with Gasteiger partial charge in [0.15, 0.2) is 0 Å². The summed E-state index contributed by atoms with van der Waals surface area (Å²) >= 11 is 1.34. The molecule has 0 bridgehead atoms. The second-order valence-electron chi connectivity index (χ2n) is 4.23. The van der Waals surface area contributed by atoms with E-state index in [0.29, 0.717) is 5.17 Å². The monoisotopic (exact) mass is 216 g/mol. The number of hydrazone groups is 1. The first-order valence-corrected chi connectivity index (χ1v) is 5.56. The van der Waals surface area contributed by atoms with E-state index in [1.54, 1.807) is 0 Å². The van der Waals surface area contributed by atoms with Gasteiger partial charge in [0.1, 0.15) is 6.04 Å². The number of carbonyl (C=O) groups excluding carboxylic acids is 1. The highest BCUT2D eigenvalue weighted by atomic mass is 32.2. The quantitative estimate of drug-likeness (QED) is 0.452. The van der Waals surface area contributed by atoms with Gasteiger partial charge in [-0.25, -0.2) is 10.9 Å². The maximum atomic E-state index is 11.8. The average Bonchev–Trinajstić information content (AvgIpc) is 2.07. The minimum atomic E-state index is -0.358. The van der Waals surface area contributed by atoms with Crippen LogP contribution in [0.3, 0.4) is 0 Å². The Morgan fingerprint density at radius 2 is 2.14 bits per heavy atom. The molecule has 0 aromatic carbocycles. The fourth-order valence-corrected chi connectivity index (χ4v) is 1.60. The van der Waals surface area contributed by atoms with E-state index in [1.165, 1.54) is 11.8 Å². The molecule has 80 valence electrons. The number of thioether (sulfide) groups is 1. The lowest BCUT2D eigenvalue weighted by atomic mass is 9.86. The van der Waals surface area contributed by atoms with E-state index in [0.717, 1.165) is 5.01 Å². The molecule has 0 saturated heterocycles. The Balaban J connectivity index is 2.89. The Morgan fingerprint density at radius 3 is 2.57 bits per heavy atom. The molecule has 0 aliphatic carbocycles. The molecular formula is C8H16N4OS. The SMILES string of the molecule is CSC1=NNC(C(C)(C)C)C(=O)N1N. The summed E-state index contributed by atoms with van der Waals surface area (Å²) < 4.78 is 0. The molecule has 0 fully saturated rings. The van der Waals surface area contributed by atoms with Crippen molar-refractivity contribution in [2.45, 2.75) is 26.8 Å². The first-order chi connectivity index (χ1) is 6.38. The number of hydrogen-bond acceptors (Lipinski definition) is 5. The van der Waals surface area contributed by atoms with Crippen molar-refractivity contribution in [1.29, 1.82) is 0 Å². The number of nitrogens with zero attached hydrogens (tertiary/aromatic N) is 2. The van der Waals surface area contributed by atoms with Gasteiger partial charge < -0.3 is 0 Å². The third-order valence-electron chi connectivity index (χ3n) is 2.03. The van der Waals surface area contributed by atoms with Crippen LogP contribution in [-0.4, -0.2) is 28.4 Å². The molecule has 0 spiro atoms. The first-order valence-electron chi connectivity index (χ1n) is 4.34. The van der Waals surface area contributed by atoms with E-state index in [2.05, 4.69) is 10.5 Å². The van der Waals surface area contributed by atoms with Crippen molar-refractivity contribution < 1.29 is 4.79 Å². The van der Waals surface area contributed by atoms with Crippen LogP contribution in [0.25, 0.3) is 0 Å². The zero-order chi connectivity index (χ0) is 10.9. The fraction of sp³-hybridized carbons (Fsp3) is 0.750. The van der Waals surface area contributed by atoms with E-state index >= 15 is 0 Å². The molecule has 0 aromatic heterocycles. The first kappa shape index (κ1) is 11.3.